The standard InChI is InChI=1S/C15H23N5.ClH/c1-10(2)20-11(3)13(9-17-20)8-16-15-7-14(12-5-6-12)18-19(15)4;/h7,9-10,12,16H,5-6,8H2,1-4H3;1H. The Morgan fingerprint density at radius 1 is 1.38 bits per heavy atom. The fraction of sp³-hybridized carbons (Fsp3) is 0.600. The average molecular weight is 310 g/mol. The number of halogens is 1. The predicted octanol–water partition coefficient (Wildman–Crippen LogP) is 3.42. The van der Waals surface area contributed by atoms with Crippen molar-refractivity contribution in [2.75, 3.05) is 5.32 Å². The number of rotatable bonds is 5. The predicted molar refractivity (Wildman–Crippen MR) is 87.1 cm³/mol. The molecule has 3 rings (SSSR count). The van der Waals surface area contributed by atoms with E-state index in [4.69, 9.17) is 0 Å². The number of aromatic nitrogens is 4. The van der Waals surface area contributed by atoms with Crippen molar-refractivity contribution in [3.63, 3.8) is 0 Å². The molecular weight excluding hydrogens is 286 g/mol. The summed E-state index contributed by atoms with van der Waals surface area (Å²) in [4.78, 5) is 0. The maximum absolute atomic E-state index is 4.57. The lowest BCUT2D eigenvalue weighted by molar-refractivity contribution is 0.518. The Morgan fingerprint density at radius 2 is 2.10 bits per heavy atom. The molecule has 21 heavy (non-hydrogen) atoms. The zero-order chi connectivity index (χ0) is 14.3. The van der Waals surface area contributed by atoms with Crippen LogP contribution >= 0.6 is 12.4 Å². The van der Waals surface area contributed by atoms with E-state index in [-0.39, 0.29) is 12.4 Å². The summed E-state index contributed by atoms with van der Waals surface area (Å²) in [6.07, 6.45) is 4.54. The molecule has 0 amide bonds. The third kappa shape index (κ3) is 3.23. The van der Waals surface area contributed by atoms with Crippen molar-refractivity contribution in [3.05, 3.63) is 29.2 Å². The lowest BCUT2D eigenvalue weighted by Crippen LogP contribution is -2.07. The number of nitrogens with one attached hydrogen (secondary N) is 1. The second kappa shape index (κ2) is 6.10. The highest BCUT2D eigenvalue weighted by Crippen LogP contribution is 2.39. The molecule has 1 N–H and O–H groups in total. The first-order chi connectivity index (χ1) is 9.56. The monoisotopic (exact) mass is 309 g/mol. The highest BCUT2D eigenvalue weighted by atomic mass is 35.5. The van der Waals surface area contributed by atoms with Gasteiger partial charge in [-0.05, 0) is 33.6 Å². The molecule has 1 aliphatic rings. The highest BCUT2D eigenvalue weighted by molar-refractivity contribution is 5.85. The molecule has 2 aromatic heterocycles. The lowest BCUT2D eigenvalue weighted by Gasteiger charge is -2.09. The molecule has 6 heteroatoms. The van der Waals surface area contributed by atoms with E-state index in [9.17, 15) is 0 Å². The number of hydrogen-bond acceptors (Lipinski definition) is 3. The number of hydrogen-bond donors (Lipinski definition) is 1. The Labute approximate surface area is 132 Å². The first kappa shape index (κ1) is 15.9. The number of nitrogens with zero attached hydrogens (tertiary/aromatic N) is 4. The van der Waals surface area contributed by atoms with Crippen molar-refractivity contribution in [2.45, 2.75) is 52.1 Å². The van der Waals surface area contributed by atoms with E-state index in [1.165, 1.54) is 29.8 Å². The third-order valence-corrected chi connectivity index (χ3v) is 3.99. The minimum atomic E-state index is 0. The zero-order valence-corrected chi connectivity index (χ0v) is 13.9. The van der Waals surface area contributed by atoms with Crippen molar-refractivity contribution in [3.8, 4) is 0 Å². The van der Waals surface area contributed by atoms with E-state index in [1.54, 1.807) is 0 Å². The Hall–Kier alpha value is -1.49. The fourth-order valence-electron chi connectivity index (χ4n) is 2.57. The van der Waals surface area contributed by atoms with Gasteiger partial charge in [-0.15, -0.1) is 12.4 Å². The molecule has 2 heterocycles. The molecule has 0 radical (unpaired) electrons. The van der Waals surface area contributed by atoms with Crippen molar-refractivity contribution in [1.29, 1.82) is 0 Å². The van der Waals surface area contributed by atoms with Gasteiger partial charge in [0.05, 0.1) is 11.9 Å². The first-order valence-corrected chi connectivity index (χ1v) is 7.37. The Balaban J connectivity index is 0.00000161. The summed E-state index contributed by atoms with van der Waals surface area (Å²) in [5.74, 6) is 1.78. The van der Waals surface area contributed by atoms with Crippen LogP contribution in [0.5, 0.6) is 0 Å². The molecule has 1 fully saturated rings. The van der Waals surface area contributed by atoms with Crippen LogP contribution in [0.3, 0.4) is 0 Å². The van der Waals surface area contributed by atoms with Crippen LogP contribution in [0, 0.1) is 6.92 Å². The maximum atomic E-state index is 4.57. The van der Waals surface area contributed by atoms with Gasteiger partial charge in [-0.3, -0.25) is 9.36 Å². The van der Waals surface area contributed by atoms with Gasteiger partial charge in [0.25, 0.3) is 0 Å². The smallest absolute Gasteiger partial charge is 0.124 e. The molecule has 0 spiro atoms. The van der Waals surface area contributed by atoms with E-state index in [2.05, 4.69) is 47.0 Å². The van der Waals surface area contributed by atoms with Gasteiger partial charge in [-0.1, -0.05) is 0 Å². The zero-order valence-electron chi connectivity index (χ0n) is 13.1. The van der Waals surface area contributed by atoms with Gasteiger partial charge in [0, 0.05) is 42.9 Å². The topological polar surface area (TPSA) is 47.7 Å². The van der Waals surface area contributed by atoms with Crippen LogP contribution in [-0.4, -0.2) is 19.6 Å². The van der Waals surface area contributed by atoms with E-state index < -0.39 is 0 Å². The Kier molecular flexibility index (Phi) is 4.61. The molecule has 0 saturated heterocycles. The molecule has 0 aliphatic heterocycles. The largest absolute Gasteiger partial charge is 0.366 e. The summed E-state index contributed by atoms with van der Waals surface area (Å²) in [5.41, 5.74) is 3.70. The summed E-state index contributed by atoms with van der Waals surface area (Å²) < 4.78 is 4.01. The van der Waals surface area contributed by atoms with Crippen LogP contribution in [-0.2, 0) is 13.6 Å². The van der Waals surface area contributed by atoms with Crippen LogP contribution in [0.15, 0.2) is 12.3 Å². The second-order valence-electron chi connectivity index (χ2n) is 6.00. The SMILES string of the molecule is Cc1c(CNc2cc(C3CC3)nn2C)cnn1C(C)C.Cl. The summed E-state index contributed by atoms with van der Waals surface area (Å²) in [6.45, 7) is 7.23. The van der Waals surface area contributed by atoms with Gasteiger partial charge in [-0.25, -0.2) is 0 Å². The van der Waals surface area contributed by atoms with E-state index >= 15 is 0 Å². The molecular formula is C15H24ClN5. The second-order valence-corrected chi connectivity index (χ2v) is 6.00. The molecule has 0 unspecified atom stereocenters. The minimum Gasteiger partial charge on any atom is -0.366 e. The molecule has 1 saturated carbocycles. The average Bonchev–Trinajstić information content (AvgIpc) is 3.09. The normalized spacial score (nSPS) is 14.3. The van der Waals surface area contributed by atoms with Crippen LogP contribution in [0.4, 0.5) is 5.82 Å². The van der Waals surface area contributed by atoms with Crippen LogP contribution in [0.1, 0.15) is 55.6 Å². The van der Waals surface area contributed by atoms with Crippen molar-refractivity contribution in [2.24, 2.45) is 7.05 Å². The maximum Gasteiger partial charge on any atom is 0.124 e. The first-order valence-electron chi connectivity index (χ1n) is 7.37. The van der Waals surface area contributed by atoms with Gasteiger partial charge in [-0.2, -0.15) is 10.2 Å². The quantitative estimate of drug-likeness (QED) is 0.920. The van der Waals surface area contributed by atoms with E-state index in [0.717, 1.165) is 12.4 Å². The van der Waals surface area contributed by atoms with Crippen LogP contribution in [0.25, 0.3) is 0 Å². The van der Waals surface area contributed by atoms with Crippen LogP contribution < -0.4 is 5.32 Å². The van der Waals surface area contributed by atoms with Gasteiger partial charge in [0.1, 0.15) is 5.82 Å². The summed E-state index contributed by atoms with van der Waals surface area (Å²) in [7, 11) is 2.00. The van der Waals surface area contributed by atoms with Crippen molar-refractivity contribution < 1.29 is 0 Å². The van der Waals surface area contributed by atoms with Gasteiger partial charge < -0.3 is 5.32 Å². The molecule has 5 nitrogen and oxygen atoms in total. The highest BCUT2D eigenvalue weighted by Gasteiger charge is 2.26. The number of aryl methyl sites for hydroxylation is 1. The van der Waals surface area contributed by atoms with Crippen LogP contribution in [0.2, 0.25) is 0 Å². The molecule has 1 aliphatic carbocycles. The third-order valence-electron chi connectivity index (χ3n) is 3.99. The van der Waals surface area contributed by atoms with Gasteiger partial charge in [0.2, 0.25) is 0 Å². The summed E-state index contributed by atoms with van der Waals surface area (Å²) in [5, 5.41) is 12.5. The number of anilines is 1. The minimum absolute atomic E-state index is 0. The van der Waals surface area contributed by atoms with Gasteiger partial charge >= 0.3 is 0 Å². The molecule has 0 aromatic carbocycles. The fourth-order valence-corrected chi connectivity index (χ4v) is 2.57. The molecule has 2 aromatic rings. The summed E-state index contributed by atoms with van der Waals surface area (Å²) in [6, 6.07) is 2.58. The molecule has 116 valence electrons. The Morgan fingerprint density at radius 3 is 2.67 bits per heavy atom. The Bertz CT molecular complexity index is 608. The van der Waals surface area contributed by atoms with Gasteiger partial charge in [0.15, 0.2) is 0 Å². The van der Waals surface area contributed by atoms with Crippen molar-refractivity contribution >= 4 is 18.2 Å². The van der Waals surface area contributed by atoms with E-state index in [1.807, 2.05) is 17.9 Å². The molecule has 0 atom stereocenters. The summed E-state index contributed by atoms with van der Waals surface area (Å²) >= 11 is 0. The van der Waals surface area contributed by atoms with Crippen molar-refractivity contribution in [1.82, 2.24) is 19.6 Å². The molecule has 0 bridgehead atoms. The van der Waals surface area contributed by atoms with E-state index in [0.29, 0.717) is 12.0 Å². The lowest BCUT2D eigenvalue weighted by atomic mass is 10.2.